The maximum atomic E-state index is 12.1. The number of carbonyl (C=O) groups excluding carboxylic acids is 1. The van der Waals surface area contributed by atoms with Crippen molar-refractivity contribution in [1.29, 1.82) is 0 Å². The fourth-order valence-electron chi connectivity index (χ4n) is 2.51. The largest absolute Gasteiger partial charge is 0.503 e. The monoisotopic (exact) mass is 274 g/mol. The van der Waals surface area contributed by atoms with Gasteiger partial charge in [-0.15, -0.1) is 0 Å². The first-order valence-electron chi connectivity index (χ1n) is 6.60. The number of amides is 1. The van der Waals surface area contributed by atoms with E-state index in [0.29, 0.717) is 12.8 Å². The Morgan fingerprint density at radius 2 is 1.47 bits per heavy atom. The van der Waals surface area contributed by atoms with Gasteiger partial charge in [-0.2, -0.15) is 0 Å². The molecule has 0 bridgehead atoms. The second-order valence-electron chi connectivity index (χ2n) is 4.92. The minimum atomic E-state index is -1.83. The highest BCUT2D eigenvalue weighted by Crippen LogP contribution is 2.29. The molecule has 19 heavy (non-hydrogen) atoms. The lowest BCUT2D eigenvalue weighted by Gasteiger charge is -2.37. The van der Waals surface area contributed by atoms with Crippen LogP contribution in [0, 0.1) is 0 Å². The zero-order valence-electron chi connectivity index (χ0n) is 11.0. The number of carboxylic acid groups (broad SMARTS) is 2. The molecule has 1 saturated heterocycles. The molecule has 0 radical (unpaired) electrons. The zero-order valence-corrected chi connectivity index (χ0v) is 11.0. The SMILES string of the molecule is O=C(N1CCNCC1)C1(O)CCCCC1.O=C(O)O. The van der Waals surface area contributed by atoms with E-state index in [2.05, 4.69) is 5.32 Å². The normalized spacial score (nSPS) is 22.1. The van der Waals surface area contributed by atoms with Crippen molar-refractivity contribution in [3.63, 3.8) is 0 Å². The molecule has 2 fully saturated rings. The van der Waals surface area contributed by atoms with Gasteiger partial charge >= 0.3 is 6.16 Å². The molecular formula is C12H22N2O5. The minimum absolute atomic E-state index is 0.0382. The summed E-state index contributed by atoms with van der Waals surface area (Å²) in [7, 11) is 0. The molecule has 0 aromatic heterocycles. The Bertz CT molecular complexity index is 305. The Hall–Kier alpha value is -1.34. The molecule has 7 heteroatoms. The molecule has 1 aliphatic heterocycles. The van der Waals surface area contributed by atoms with Gasteiger partial charge in [0.05, 0.1) is 0 Å². The average molecular weight is 274 g/mol. The standard InChI is InChI=1S/C11H20N2O2.CH2O3/c14-10(13-8-6-12-7-9-13)11(15)4-2-1-3-5-11;2-1(3)4/h12,15H,1-9H2;(H2,2,3,4). The van der Waals surface area contributed by atoms with Crippen LogP contribution in [0.5, 0.6) is 0 Å². The summed E-state index contributed by atoms with van der Waals surface area (Å²) in [6.45, 7) is 3.17. The number of hydrogen-bond donors (Lipinski definition) is 4. The van der Waals surface area contributed by atoms with Crippen LogP contribution in [0.25, 0.3) is 0 Å². The van der Waals surface area contributed by atoms with Gasteiger partial charge in [-0.25, -0.2) is 4.79 Å². The highest BCUT2D eigenvalue weighted by molar-refractivity contribution is 5.85. The van der Waals surface area contributed by atoms with E-state index in [1.54, 1.807) is 0 Å². The lowest BCUT2D eigenvalue weighted by Crippen LogP contribution is -2.55. The number of aliphatic hydroxyl groups is 1. The van der Waals surface area contributed by atoms with Crippen molar-refractivity contribution in [2.24, 2.45) is 0 Å². The van der Waals surface area contributed by atoms with Crippen LogP contribution < -0.4 is 5.32 Å². The van der Waals surface area contributed by atoms with E-state index < -0.39 is 11.8 Å². The van der Waals surface area contributed by atoms with Gasteiger partial charge in [-0.3, -0.25) is 4.79 Å². The summed E-state index contributed by atoms with van der Waals surface area (Å²) in [6, 6.07) is 0. The van der Waals surface area contributed by atoms with Crippen LogP contribution in [0.1, 0.15) is 32.1 Å². The molecule has 0 unspecified atom stereocenters. The lowest BCUT2D eigenvalue weighted by molar-refractivity contribution is -0.155. The highest BCUT2D eigenvalue weighted by atomic mass is 16.6. The van der Waals surface area contributed by atoms with E-state index in [9.17, 15) is 9.90 Å². The second kappa shape index (κ2) is 7.30. The smallest absolute Gasteiger partial charge is 0.450 e. The Balaban J connectivity index is 0.000000399. The van der Waals surface area contributed by atoms with E-state index in [1.165, 1.54) is 0 Å². The third-order valence-electron chi connectivity index (χ3n) is 3.48. The molecule has 0 atom stereocenters. The van der Waals surface area contributed by atoms with Crippen LogP contribution in [0.2, 0.25) is 0 Å². The summed E-state index contributed by atoms with van der Waals surface area (Å²) in [5, 5.41) is 27.4. The maximum Gasteiger partial charge on any atom is 0.503 e. The van der Waals surface area contributed by atoms with E-state index in [0.717, 1.165) is 45.4 Å². The molecule has 0 aromatic rings. The average Bonchev–Trinajstić information content (AvgIpc) is 2.39. The van der Waals surface area contributed by atoms with Crippen LogP contribution in [0.3, 0.4) is 0 Å². The Kier molecular flexibility index (Phi) is 6.04. The molecule has 1 amide bonds. The van der Waals surface area contributed by atoms with E-state index in [1.807, 2.05) is 4.90 Å². The number of piperazine rings is 1. The summed E-state index contributed by atoms with van der Waals surface area (Å²) < 4.78 is 0. The van der Waals surface area contributed by atoms with Crippen molar-refractivity contribution in [3.05, 3.63) is 0 Å². The first-order chi connectivity index (χ1) is 8.96. The number of nitrogens with one attached hydrogen (secondary N) is 1. The van der Waals surface area contributed by atoms with Gasteiger partial charge in [0, 0.05) is 26.2 Å². The Morgan fingerprint density at radius 3 is 1.95 bits per heavy atom. The third-order valence-corrected chi connectivity index (χ3v) is 3.48. The maximum absolute atomic E-state index is 12.1. The van der Waals surface area contributed by atoms with Crippen LogP contribution >= 0.6 is 0 Å². The number of hydrogen-bond acceptors (Lipinski definition) is 4. The van der Waals surface area contributed by atoms with Crippen molar-refractivity contribution in [1.82, 2.24) is 10.2 Å². The molecule has 4 N–H and O–H groups in total. The third kappa shape index (κ3) is 5.04. The molecule has 0 spiro atoms. The van der Waals surface area contributed by atoms with Crippen molar-refractivity contribution in [3.8, 4) is 0 Å². The molecular weight excluding hydrogens is 252 g/mol. The van der Waals surface area contributed by atoms with Gasteiger partial charge in [0.2, 0.25) is 0 Å². The molecule has 1 aliphatic carbocycles. The van der Waals surface area contributed by atoms with Crippen molar-refractivity contribution >= 4 is 12.1 Å². The second-order valence-corrected chi connectivity index (χ2v) is 4.92. The van der Waals surface area contributed by atoms with Crippen molar-refractivity contribution < 1.29 is 24.9 Å². The van der Waals surface area contributed by atoms with Gasteiger partial charge in [-0.05, 0) is 12.8 Å². The summed E-state index contributed by atoms with van der Waals surface area (Å²) in [4.78, 5) is 22.5. The van der Waals surface area contributed by atoms with E-state index >= 15 is 0 Å². The van der Waals surface area contributed by atoms with Crippen LogP contribution in [0.15, 0.2) is 0 Å². The quantitative estimate of drug-likeness (QED) is 0.548. The first kappa shape index (κ1) is 15.7. The first-order valence-corrected chi connectivity index (χ1v) is 6.60. The molecule has 1 saturated carbocycles. The van der Waals surface area contributed by atoms with Gasteiger partial charge in [-0.1, -0.05) is 19.3 Å². The zero-order chi connectivity index (χ0) is 14.3. The van der Waals surface area contributed by atoms with Gasteiger partial charge < -0.3 is 25.5 Å². The van der Waals surface area contributed by atoms with Crippen LogP contribution in [-0.2, 0) is 4.79 Å². The highest BCUT2D eigenvalue weighted by Gasteiger charge is 2.40. The molecule has 2 rings (SSSR count). The molecule has 7 nitrogen and oxygen atoms in total. The predicted molar refractivity (Wildman–Crippen MR) is 68.1 cm³/mol. The molecule has 110 valence electrons. The summed E-state index contributed by atoms with van der Waals surface area (Å²) in [6.07, 6.45) is 2.57. The summed E-state index contributed by atoms with van der Waals surface area (Å²) in [5.41, 5.74) is -1.05. The van der Waals surface area contributed by atoms with Crippen LogP contribution in [0.4, 0.5) is 4.79 Å². The van der Waals surface area contributed by atoms with E-state index in [4.69, 9.17) is 15.0 Å². The van der Waals surface area contributed by atoms with Crippen molar-refractivity contribution in [2.45, 2.75) is 37.7 Å². The minimum Gasteiger partial charge on any atom is -0.450 e. The fourth-order valence-corrected chi connectivity index (χ4v) is 2.51. The van der Waals surface area contributed by atoms with Crippen molar-refractivity contribution in [2.75, 3.05) is 26.2 Å². The predicted octanol–water partition coefficient (Wildman–Crippen LogP) is 0.336. The lowest BCUT2D eigenvalue weighted by atomic mass is 9.83. The fraction of sp³-hybridized carbons (Fsp3) is 0.833. The molecule has 2 aliphatic rings. The van der Waals surface area contributed by atoms with Gasteiger partial charge in [0.15, 0.2) is 0 Å². The topological polar surface area (TPSA) is 110 Å². The molecule has 1 heterocycles. The number of nitrogens with zero attached hydrogens (tertiary/aromatic N) is 1. The molecule has 0 aromatic carbocycles. The van der Waals surface area contributed by atoms with E-state index in [-0.39, 0.29) is 5.91 Å². The number of rotatable bonds is 1. The Labute approximate surface area is 112 Å². The van der Waals surface area contributed by atoms with Gasteiger partial charge in [0.1, 0.15) is 5.60 Å². The van der Waals surface area contributed by atoms with Gasteiger partial charge in [0.25, 0.3) is 5.91 Å². The number of carbonyl (C=O) groups is 2. The Morgan fingerprint density at radius 1 is 1.00 bits per heavy atom. The summed E-state index contributed by atoms with van der Waals surface area (Å²) >= 11 is 0. The van der Waals surface area contributed by atoms with Crippen LogP contribution in [-0.4, -0.2) is 64.1 Å². The summed E-state index contributed by atoms with van der Waals surface area (Å²) in [5.74, 6) is -0.0382.